The lowest BCUT2D eigenvalue weighted by Crippen LogP contribution is -2.42. The molecule has 2 unspecified atom stereocenters. The molecule has 1 aliphatic rings. The largest absolute Gasteiger partial charge is 0.364 e. The minimum absolute atomic E-state index is 0.0164. The van der Waals surface area contributed by atoms with Crippen molar-refractivity contribution in [3.63, 3.8) is 0 Å². The summed E-state index contributed by atoms with van der Waals surface area (Å²) in [6.07, 6.45) is 7.15. The number of carbonyl (C=O) groups is 1. The van der Waals surface area contributed by atoms with E-state index in [1.54, 1.807) is 12.1 Å². The van der Waals surface area contributed by atoms with Crippen LogP contribution in [0.3, 0.4) is 0 Å². The van der Waals surface area contributed by atoms with Gasteiger partial charge in [-0.1, -0.05) is 12.8 Å². The number of benzene rings is 1. The number of rotatable bonds is 5. The van der Waals surface area contributed by atoms with Crippen LogP contribution in [0, 0.1) is 5.82 Å². The fraction of sp³-hybridized carbons (Fsp3) is 0.300. The van der Waals surface area contributed by atoms with E-state index in [1.165, 1.54) is 24.5 Å². The molecule has 150 valence electrons. The first-order chi connectivity index (χ1) is 14.0. The van der Waals surface area contributed by atoms with Crippen LogP contribution in [-0.4, -0.2) is 32.9 Å². The van der Waals surface area contributed by atoms with E-state index in [2.05, 4.69) is 25.6 Å². The molecule has 6 N–H and O–H groups in total. The van der Waals surface area contributed by atoms with Crippen LogP contribution in [0.4, 0.5) is 21.7 Å². The molecule has 3 aromatic rings. The standard InChI is InChI=1S/C20H22FN7O/c21-12-6-5-11-7-13(9-24-16(11)8-12)26-20-18(19(23)29)25-10-17(28-20)27-15-4-2-1-3-14(15)22/h5-10,14-15H,1-4,22H2,(H2,23,29)(H2,26,27,28). The van der Waals surface area contributed by atoms with Gasteiger partial charge in [-0.2, -0.15) is 0 Å². The van der Waals surface area contributed by atoms with Gasteiger partial charge >= 0.3 is 0 Å². The summed E-state index contributed by atoms with van der Waals surface area (Å²) in [5.74, 6) is -0.324. The molecular formula is C20H22FN7O. The van der Waals surface area contributed by atoms with Crippen molar-refractivity contribution in [3.05, 3.63) is 48.2 Å². The summed E-state index contributed by atoms with van der Waals surface area (Å²) in [6, 6.07) is 6.27. The van der Waals surface area contributed by atoms with Gasteiger partial charge in [-0.15, -0.1) is 0 Å². The van der Waals surface area contributed by atoms with Gasteiger partial charge in [0.2, 0.25) is 0 Å². The zero-order valence-electron chi connectivity index (χ0n) is 15.7. The third kappa shape index (κ3) is 4.24. The molecular weight excluding hydrogens is 373 g/mol. The third-order valence-corrected chi connectivity index (χ3v) is 5.07. The fourth-order valence-corrected chi connectivity index (χ4v) is 3.55. The zero-order valence-corrected chi connectivity index (χ0v) is 15.7. The van der Waals surface area contributed by atoms with Crippen molar-refractivity contribution < 1.29 is 9.18 Å². The number of carbonyl (C=O) groups excluding carboxylic acids is 1. The Morgan fingerprint density at radius 1 is 1.14 bits per heavy atom. The molecule has 2 aromatic heterocycles. The van der Waals surface area contributed by atoms with E-state index in [0.29, 0.717) is 17.0 Å². The Balaban J connectivity index is 1.62. The molecule has 29 heavy (non-hydrogen) atoms. The molecule has 0 radical (unpaired) electrons. The Morgan fingerprint density at radius 2 is 1.97 bits per heavy atom. The van der Waals surface area contributed by atoms with Crippen LogP contribution in [0.2, 0.25) is 0 Å². The van der Waals surface area contributed by atoms with E-state index in [0.717, 1.165) is 31.1 Å². The minimum Gasteiger partial charge on any atom is -0.364 e. The maximum absolute atomic E-state index is 13.3. The Hall–Kier alpha value is -3.33. The molecule has 9 heteroatoms. The number of amides is 1. The molecule has 0 spiro atoms. The van der Waals surface area contributed by atoms with Gasteiger partial charge in [0, 0.05) is 23.5 Å². The Morgan fingerprint density at radius 3 is 2.76 bits per heavy atom. The second-order valence-corrected chi connectivity index (χ2v) is 7.20. The monoisotopic (exact) mass is 395 g/mol. The molecule has 4 rings (SSSR count). The van der Waals surface area contributed by atoms with Gasteiger partial charge in [0.15, 0.2) is 11.5 Å². The summed E-state index contributed by atoms with van der Waals surface area (Å²) < 4.78 is 13.3. The Kier molecular flexibility index (Phi) is 5.22. The highest BCUT2D eigenvalue weighted by molar-refractivity contribution is 5.96. The molecule has 1 saturated carbocycles. The van der Waals surface area contributed by atoms with Crippen LogP contribution in [0.1, 0.15) is 36.2 Å². The number of hydrogen-bond donors (Lipinski definition) is 4. The van der Waals surface area contributed by atoms with Crippen molar-refractivity contribution >= 4 is 34.1 Å². The van der Waals surface area contributed by atoms with Crippen molar-refractivity contribution in [3.8, 4) is 0 Å². The summed E-state index contributed by atoms with van der Waals surface area (Å²) in [5.41, 5.74) is 12.8. The van der Waals surface area contributed by atoms with Crippen molar-refractivity contribution in [2.75, 3.05) is 10.6 Å². The van der Waals surface area contributed by atoms with Crippen LogP contribution >= 0.6 is 0 Å². The number of aromatic nitrogens is 3. The van der Waals surface area contributed by atoms with E-state index < -0.39 is 5.91 Å². The predicted molar refractivity (Wildman–Crippen MR) is 109 cm³/mol. The maximum Gasteiger partial charge on any atom is 0.271 e. The average Bonchev–Trinajstić information content (AvgIpc) is 2.70. The van der Waals surface area contributed by atoms with Crippen LogP contribution < -0.4 is 22.1 Å². The lowest BCUT2D eigenvalue weighted by Gasteiger charge is -2.29. The quantitative estimate of drug-likeness (QED) is 0.522. The predicted octanol–water partition coefficient (Wildman–Crippen LogP) is 2.69. The second kappa shape index (κ2) is 7.96. The third-order valence-electron chi connectivity index (χ3n) is 5.07. The fourth-order valence-electron chi connectivity index (χ4n) is 3.55. The van der Waals surface area contributed by atoms with Crippen LogP contribution in [0.25, 0.3) is 10.9 Å². The van der Waals surface area contributed by atoms with E-state index in [-0.39, 0.29) is 29.4 Å². The average molecular weight is 395 g/mol. The molecule has 1 fully saturated rings. The summed E-state index contributed by atoms with van der Waals surface area (Å²) in [7, 11) is 0. The molecule has 0 saturated heterocycles. The molecule has 1 aromatic carbocycles. The van der Waals surface area contributed by atoms with Gasteiger partial charge < -0.3 is 22.1 Å². The Bertz CT molecular complexity index is 1060. The van der Waals surface area contributed by atoms with E-state index in [9.17, 15) is 9.18 Å². The number of anilines is 3. The molecule has 1 aliphatic carbocycles. The molecule has 0 aliphatic heterocycles. The normalized spacial score (nSPS) is 19.1. The maximum atomic E-state index is 13.3. The first kappa shape index (κ1) is 19.0. The van der Waals surface area contributed by atoms with Crippen LogP contribution in [0.15, 0.2) is 36.7 Å². The number of primary amides is 1. The molecule has 2 heterocycles. The highest BCUT2D eigenvalue weighted by atomic mass is 19.1. The molecule has 1 amide bonds. The summed E-state index contributed by atoms with van der Waals surface area (Å²) >= 11 is 0. The number of pyridine rings is 1. The van der Waals surface area contributed by atoms with Gasteiger partial charge in [0.1, 0.15) is 11.6 Å². The van der Waals surface area contributed by atoms with Crippen LogP contribution in [-0.2, 0) is 0 Å². The number of halogens is 1. The van der Waals surface area contributed by atoms with Crippen molar-refractivity contribution in [2.24, 2.45) is 11.5 Å². The van der Waals surface area contributed by atoms with E-state index >= 15 is 0 Å². The van der Waals surface area contributed by atoms with E-state index in [4.69, 9.17) is 11.5 Å². The summed E-state index contributed by atoms with van der Waals surface area (Å²) in [6.45, 7) is 0. The lowest BCUT2D eigenvalue weighted by atomic mass is 9.91. The van der Waals surface area contributed by atoms with Crippen molar-refractivity contribution in [1.82, 2.24) is 15.0 Å². The molecule has 0 bridgehead atoms. The van der Waals surface area contributed by atoms with Crippen molar-refractivity contribution in [2.45, 2.75) is 37.8 Å². The van der Waals surface area contributed by atoms with E-state index in [1.807, 2.05) is 0 Å². The number of nitrogens with two attached hydrogens (primary N) is 2. The smallest absolute Gasteiger partial charge is 0.271 e. The van der Waals surface area contributed by atoms with Gasteiger partial charge in [0.25, 0.3) is 5.91 Å². The van der Waals surface area contributed by atoms with Gasteiger partial charge in [-0.25, -0.2) is 14.4 Å². The number of nitrogens with one attached hydrogen (secondary N) is 2. The van der Waals surface area contributed by atoms with Gasteiger partial charge in [-0.05, 0) is 31.0 Å². The zero-order chi connectivity index (χ0) is 20.4. The highest BCUT2D eigenvalue weighted by Crippen LogP contribution is 2.24. The first-order valence-corrected chi connectivity index (χ1v) is 9.51. The minimum atomic E-state index is -0.697. The molecule has 8 nitrogen and oxygen atoms in total. The Labute approximate surface area is 166 Å². The number of hydrogen-bond acceptors (Lipinski definition) is 7. The van der Waals surface area contributed by atoms with Crippen molar-refractivity contribution in [1.29, 1.82) is 0 Å². The van der Waals surface area contributed by atoms with Gasteiger partial charge in [0.05, 0.1) is 23.6 Å². The first-order valence-electron chi connectivity index (χ1n) is 9.51. The summed E-state index contributed by atoms with van der Waals surface area (Å²) in [5, 5.41) is 7.10. The lowest BCUT2D eigenvalue weighted by molar-refractivity contribution is 0.0996. The SMILES string of the molecule is NC(=O)c1ncc(NC2CCCCC2N)nc1Nc1cnc2cc(F)ccc2c1. The number of fused-ring (bicyclic) bond motifs is 1. The van der Waals surface area contributed by atoms with Crippen LogP contribution in [0.5, 0.6) is 0 Å². The highest BCUT2D eigenvalue weighted by Gasteiger charge is 2.23. The molecule has 2 atom stereocenters. The summed E-state index contributed by atoms with van der Waals surface area (Å²) in [4.78, 5) is 24.7. The number of nitrogens with zero attached hydrogens (tertiary/aromatic N) is 3. The topological polar surface area (TPSA) is 132 Å². The second-order valence-electron chi connectivity index (χ2n) is 7.20. The van der Waals surface area contributed by atoms with Gasteiger partial charge in [-0.3, -0.25) is 9.78 Å².